The second-order valence-corrected chi connectivity index (χ2v) is 3.96. The number of amides is 1. The van der Waals surface area contributed by atoms with Crippen molar-refractivity contribution in [1.29, 1.82) is 0 Å². The predicted molar refractivity (Wildman–Crippen MR) is 48.0 cm³/mol. The van der Waals surface area contributed by atoms with Gasteiger partial charge in [0.1, 0.15) is 0 Å². The largest absolute Gasteiger partial charge is 0.358 e. The number of carbonyl (C=O) groups is 1. The van der Waals surface area contributed by atoms with Crippen LogP contribution in [0, 0.1) is 5.92 Å². The van der Waals surface area contributed by atoms with Gasteiger partial charge in [-0.1, -0.05) is 13.8 Å². The molecule has 1 amide bonds. The van der Waals surface area contributed by atoms with Crippen LogP contribution < -0.4 is 0 Å². The first kappa shape index (κ1) is 10.5. The zero-order valence-corrected chi connectivity index (χ0v) is 8.41. The first-order chi connectivity index (χ1) is 5.96. The fourth-order valence-electron chi connectivity index (χ4n) is 1.51. The summed E-state index contributed by atoms with van der Waals surface area (Å²) in [5, 5.41) is 9.87. The maximum absolute atomic E-state index is 11.5. The summed E-state index contributed by atoms with van der Waals surface area (Å²) in [7, 11) is 1.68. The van der Waals surface area contributed by atoms with E-state index in [2.05, 4.69) is 0 Å². The SMILES string of the molecule is CC(C)CC1(O)OCCN(C)C1=O. The Balaban J connectivity index is 2.69. The highest BCUT2D eigenvalue weighted by molar-refractivity contribution is 5.83. The normalized spacial score (nSPS) is 29.9. The lowest BCUT2D eigenvalue weighted by Crippen LogP contribution is -2.55. The fourth-order valence-corrected chi connectivity index (χ4v) is 1.51. The van der Waals surface area contributed by atoms with Crippen LogP contribution in [0.15, 0.2) is 0 Å². The zero-order valence-electron chi connectivity index (χ0n) is 8.41. The molecule has 0 aromatic rings. The molecular formula is C9H17NO3. The molecular weight excluding hydrogens is 170 g/mol. The third-order valence-electron chi connectivity index (χ3n) is 2.13. The number of aliphatic hydroxyl groups is 1. The van der Waals surface area contributed by atoms with E-state index in [1.807, 2.05) is 13.8 Å². The van der Waals surface area contributed by atoms with Crippen LogP contribution in [0.1, 0.15) is 20.3 Å². The molecule has 0 radical (unpaired) electrons. The Morgan fingerprint density at radius 3 is 2.85 bits per heavy atom. The van der Waals surface area contributed by atoms with E-state index in [4.69, 9.17) is 4.74 Å². The molecule has 13 heavy (non-hydrogen) atoms. The van der Waals surface area contributed by atoms with E-state index in [9.17, 15) is 9.90 Å². The Morgan fingerprint density at radius 1 is 1.69 bits per heavy atom. The third kappa shape index (κ3) is 2.19. The molecule has 1 atom stereocenters. The maximum Gasteiger partial charge on any atom is 0.282 e. The van der Waals surface area contributed by atoms with Gasteiger partial charge in [0.25, 0.3) is 5.91 Å². The minimum Gasteiger partial charge on any atom is -0.358 e. The van der Waals surface area contributed by atoms with Crippen LogP contribution in [0.2, 0.25) is 0 Å². The molecule has 0 aliphatic carbocycles. The minimum atomic E-state index is -1.58. The van der Waals surface area contributed by atoms with Gasteiger partial charge in [0.05, 0.1) is 6.61 Å². The van der Waals surface area contributed by atoms with Crippen LogP contribution >= 0.6 is 0 Å². The number of morpholine rings is 1. The summed E-state index contributed by atoms with van der Waals surface area (Å²) >= 11 is 0. The number of nitrogens with zero attached hydrogens (tertiary/aromatic N) is 1. The molecule has 4 nitrogen and oxygen atoms in total. The van der Waals surface area contributed by atoms with Crippen molar-refractivity contribution in [2.75, 3.05) is 20.2 Å². The van der Waals surface area contributed by atoms with Crippen molar-refractivity contribution in [3.8, 4) is 0 Å². The lowest BCUT2D eigenvalue weighted by Gasteiger charge is -2.36. The van der Waals surface area contributed by atoms with Gasteiger partial charge < -0.3 is 14.7 Å². The molecule has 1 heterocycles. The second kappa shape index (κ2) is 3.64. The first-order valence-corrected chi connectivity index (χ1v) is 4.57. The Kier molecular flexibility index (Phi) is 2.93. The number of carbonyl (C=O) groups excluding carboxylic acids is 1. The van der Waals surface area contributed by atoms with Crippen LogP contribution in [-0.4, -0.2) is 41.9 Å². The van der Waals surface area contributed by atoms with Crippen molar-refractivity contribution < 1.29 is 14.6 Å². The Bertz CT molecular complexity index is 205. The molecule has 0 spiro atoms. The summed E-state index contributed by atoms with van der Waals surface area (Å²) in [5.41, 5.74) is 0. The molecule has 1 unspecified atom stereocenters. The monoisotopic (exact) mass is 187 g/mol. The lowest BCUT2D eigenvalue weighted by atomic mass is 10.0. The van der Waals surface area contributed by atoms with Gasteiger partial charge in [0.15, 0.2) is 0 Å². The highest BCUT2D eigenvalue weighted by Crippen LogP contribution is 2.23. The molecule has 0 aromatic heterocycles. The number of rotatable bonds is 2. The van der Waals surface area contributed by atoms with Gasteiger partial charge in [-0.15, -0.1) is 0 Å². The zero-order chi connectivity index (χ0) is 10.1. The number of likely N-dealkylation sites (N-methyl/N-ethyl adjacent to an activating group) is 1. The van der Waals surface area contributed by atoms with Gasteiger partial charge in [-0.3, -0.25) is 4.79 Å². The highest BCUT2D eigenvalue weighted by atomic mass is 16.6. The number of hydrogen-bond acceptors (Lipinski definition) is 3. The van der Waals surface area contributed by atoms with Crippen molar-refractivity contribution >= 4 is 5.91 Å². The van der Waals surface area contributed by atoms with Crippen LogP contribution in [0.5, 0.6) is 0 Å². The smallest absolute Gasteiger partial charge is 0.282 e. The lowest BCUT2D eigenvalue weighted by molar-refractivity contribution is -0.236. The fraction of sp³-hybridized carbons (Fsp3) is 0.889. The summed E-state index contributed by atoms with van der Waals surface area (Å²) in [6, 6.07) is 0. The predicted octanol–water partition coefficient (Wildman–Crippen LogP) is 0.210. The first-order valence-electron chi connectivity index (χ1n) is 4.57. The average molecular weight is 187 g/mol. The van der Waals surface area contributed by atoms with E-state index in [1.165, 1.54) is 4.90 Å². The van der Waals surface area contributed by atoms with E-state index in [-0.39, 0.29) is 11.8 Å². The summed E-state index contributed by atoms with van der Waals surface area (Å²) < 4.78 is 5.12. The van der Waals surface area contributed by atoms with Crippen molar-refractivity contribution in [2.24, 2.45) is 5.92 Å². The van der Waals surface area contributed by atoms with Gasteiger partial charge in [0, 0.05) is 20.0 Å². The summed E-state index contributed by atoms with van der Waals surface area (Å²) in [6.07, 6.45) is 0.357. The Labute approximate surface area is 78.5 Å². The van der Waals surface area contributed by atoms with Crippen molar-refractivity contribution in [2.45, 2.75) is 26.1 Å². The molecule has 1 rings (SSSR count). The third-order valence-corrected chi connectivity index (χ3v) is 2.13. The molecule has 0 saturated carbocycles. The summed E-state index contributed by atoms with van der Waals surface area (Å²) in [5.74, 6) is -1.67. The van der Waals surface area contributed by atoms with Gasteiger partial charge in [-0.2, -0.15) is 0 Å². The average Bonchev–Trinajstić information content (AvgIpc) is 1.99. The number of ether oxygens (including phenoxy) is 1. The minimum absolute atomic E-state index is 0.237. The Hall–Kier alpha value is -0.610. The van der Waals surface area contributed by atoms with Gasteiger partial charge >= 0.3 is 0 Å². The van der Waals surface area contributed by atoms with Crippen molar-refractivity contribution in [1.82, 2.24) is 4.90 Å². The molecule has 0 aromatic carbocycles. The molecule has 1 saturated heterocycles. The van der Waals surface area contributed by atoms with Crippen LogP contribution in [-0.2, 0) is 9.53 Å². The van der Waals surface area contributed by atoms with E-state index < -0.39 is 5.79 Å². The molecule has 1 fully saturated rings. The van der Waals surface area contributed by atoms with E-state index in [0.29, 0.717) is 19.6 Å². The quantitative estimate of drug-likeness (QED) is 0.672. The second-order valence-electron chi connectivity index (χ2n) is 3.96. The van der Waals surface area contributed by atoms with Crippen LogP contribution in [0.4, 0.5) is 0 Å². The van der Waals surface area contributed by atoms with Gasteiger partial charge in [-0.05, 0) is 5.92 Å². The van der Waals surface area contributed by atoms with Gasteiger partial charge in [-0.25, -0.2) is 0 Å². The van der Waals surface area contributed by atoms with Gasteiger partial charge in [0.2, 0.25) is 5.79 Å². The topological polar surface area (TPSA) is 49.8 Å². The van der Waals surface area contributed by atoms with E-state index in [1.54, 1.807) is 7.05 Å². The standard InChI is InChI=1S/C9H17NO3/c1-7(2)6-9(12)8(11)10(3)4-5-13-9/h7,12H,4-6H2,1-3H3. The molecule has 4 heteroatoms. The molecule has 1 aliphatic rings. The molecule has 0 bridgehead atoms. The Morgan fingerprint density at radius 2 is 2.31 bits per heavy atom. The maximum atomic E-state index is 11.5. The molecule has 76 valence electrons. The number of hydrogen-bond donors (Lipinski definition) is 1. The molecule has 1 N–H and O–H groups in total. The van der Waals surface area contributed by atoms with Crippen molar-refractivity contribution in [3.05, 3.63) is 0 Å². The van der Waals surface area contributed by atoms with Crippen molar-refractivity contribution in [3.63, 3.8) is 0 Å². The van der Waals surface area contributed by atoms with Crippen LogP contribution in [0.25, 0.3) is 0 Å². The molecule has 1 aliphatic heterocycles. The van der Waals surface area contributed by atoms with E-state index in [0.717, 1.165) is 0 Å². The summed E-state index contributed by atoms with van der Waals surface area (Å²) in [4.78, 5) is 13.0. The summed E-state index contributed by atoms with van der Waals surface area (Å²) in [6.45, 7) is 4.86. The highest BCUT2D eigenvalue weighted by Gasteiger charge is 2.42. The van der Waals surface area contributed by atoms with Crippen LogP contribution in [0.3, 0.4) is 0 Å². The van der Waals surface area contributed by atoms with E-state index >= 15 is 0 Å².